The summed E-state index contributed by atoms with van der Waals surface area (Å²) in [5.41, 5.74) is -0.306. The number of anilines is 1. The Labute approximate surface area is 224 Å². The molecule has 4 heterocycles. The van der Waals surface area contributed by atoms with E-state index in [1.54, 1.807) is 12.1 Å². The number of carboxylic acid groups (broad SMARTS) is 1. The Morgan fingerprint density at radius 1 is 1.32 bits per heavy atom. The maximum atomic E-state index is 14.1. The Kier molecular flexibility index (Phi) is 7.67. The second-order valence-corrected chi connectivity index (χ2v) is 12.5. The molecule has 1 aliphatic heterocycles. The van der Waals surface area contributed by atoms with Gasteiger partial charge in [0.1, 0.15) is 17.6 Å². The molecule has 3 atom stereocenters. The number of aryl methyl sites for hydroxylation is 1. The van der Waals surface area contributed by atoms with E-state index < -0.39 is 64.6 Å². The van der Waals surface area contributed by atoms with Gasteiger partial charge in [0.2, 0.25) is 10.0 Å². The van der Waals surface area contributed by atoms with Crippen LogP contribution in [-0.4, -0.2) is 64.5 Å². The van der Waals surface area contributed by atoms with Gasteiger partial charge in [-0.05, 0) is 31.5 Å². The number of furan rings is 1. The molecule has 2 N–H and O–H groups in total. The summed E-state index contributed by atoms with van der Waals surface area (Å²) in [6, 6.07) is 3.79. The van der Waals surface area contributed by atoms with Crippen LogP contribution in [0.15, 0.2) is 34.9 Å². The number of aliphatic carboxylic acids is 1. The summed E-state index contributed by atoms with van der Waals surface area (Å²) in [5, 5.41) is 17.0. The Hall–Kier alpha value is -2.88. The molecule has 0 bridgehead atoms. The molecule has 0 saturated carbocycles. The van der Waals surface area contributed by atoms with E-state index in [-0.39, 0.29) is 23.7 Å². The molecule has 0 aromatic carbocycles. The van der Waals surface area contributed by atoms with E-state index in [1.165, 1.54) is 30.6 Å². The molecule has 0 radical (unpaired) electrons. The topological polar surface area (TPSA) is 135 Å². The van der Waals surface area contributed by atoms with E-state index in [4.69, 9.17) is 16.0 Å². The zero-order valence-corrected chi connectivity index (χ0v) is 22.3. The van der Waals surface area contributed by atoms with Gasteiger partial charge in [-0.3, -0.25) is 9.59 Å². The van der Waals surface area contributed by atoms with Crippen LogP contribution in [0.4, 0.5) is 19.0 Å². The highest BCUT2D eigenvalue weighted by molar-refractivity contribution is 7.88. The van der Waals surface area contributed by atoms with E-state index >= 15 is 0 Å². The zero-order valence-electron chi connectivity index (χ0n) is 19.9. The minimum atomic E-state index is -4.86. The van der Waals surface area contributed by atoms with E-state index in [0.29, 0.717) is 8.64 Å². The normalized spacial score (nSPS) is 20.9. The van der Waals surface area contributed by atoms with Gasteiger partial charge in [0.25, 0.3) is 5.91 Å². The minimum absolute atomic E-state index is 0.0170. The van der Waals surface area contributed by atoms with Gasteiger partial charge in [-0.2, -0.15) is 27.3 Å². The van der Waals surface area contributed by atoms with Crippen molar-refractivity contribution in [3.8, 4) is 0 Å². The number of carbonyl (C=O) groups is 2. The number of alkyl halides is 3. The largest absolute Gasteiger partial charge is 0.480 e. The number of aromatic nitrogens is 2. The van der Waals surface area contributed by atoms with Gasteiger partial charge in [0.15, 0.2) is 0 Å². The first-order valence-corrected chi connectivity index (χ1v) is 14.2. The molecule has 38 heavy (non-hydrogen) atoms. The first-order valence-electron chi connectivity index (χ1n) is 11.1. The van der Waals surface area contributed by atoms with Gasteiger partial charge in [-0.15, -0.1) is 11.3 Å². The van der Waals surface area contributed by atoms with E-state index in [1.807, 2.05) is 0 Å². The second-order valence-electron chi connectivity index (χ2n) is 8.74. The number of nitrogens with zero attached hydrogens (tertiary/aromatic N) is 3. The quantitative estimate of drug-likeness (QED) is 0.416. The molecule has 1 fully saturated rings. The molecule has 3 aromatic heterocycles. The van der Waals surface area contributed by atoms with Gasteiger partial charge in [-0.25, -0.2) is 8.42 Å². The summed E-state index contributed by atoms with van der Waals surface area (Å²) in [4.78, 5) is 26.3. The standard InChI is InChI=1S/C22H22ClF3N4O6S2/c1-11-13(6-8-36-11)20(31)30-17(27-10-12-3-4-16(23)37-12)9-15(28-30)18-14(22(24,25)26)5-7-29(38(2,34)35)19(18)21(32)33/h3-4,6,8-9,14,18-19,27H,5,7,10H2,1-2H3,(H,32,33). The number of halogens is 4. The predicted octanol–water partition coefficient (Wildman–Crippen LogP) is 4.18. The number of nitrogens with one attached hydrogen (secondary N) is 1. The molecule has 16 heteroatoms. The lowest BCUT2D eigenvalue weighted by molar-refractivity contribution is -0.195. The van der Waals surface area contributed by atoms with Crippen LogP contribution in [-0.2, 0) is 21.4 Å². The van der Waals surface area contributed by atoms with Crippen LogP contribution in [0.5, 0.6) is 0 Å². The second kappa shape index (κ2) is 10.4. The Balaban J connectivity index is 1.84. The Morgan fingerprint density at radius 3 is 2.55 bits per heavy atom. The molecule has 0 aliphatic carbocycles. The number of rotatable bonds is 7. The predicted molar refractivity (Wildman–Crippen MR) is 132 cm³/mol. The number of piperidine rings is 1. The van der Waals surface area contributed by atoms with Crippen LogP contribution >= 0.6 is 22.9 Å². The van der Waals surface area contributed by atoms with Crippen molar-refractivity contribution in [1.29, 1.82) is 0 Å². The van der Waals surface area contributed by atoms with Crippen molar-refractivity contribution in [2.45, 2.75) is 38.0 Å². The summed E-state index contributed by atoms with van der Waals surface area (Å²) < 4.78 is 74.2. The van der Waals surface area contributed by atoms with Crippen LogP contribution in [0.3, 0.4) is 0 Å². The number of carboxylic acids is 1. The molecule has 3 aromatic rings. The Morgan fingerprint density at radius 2 is 2.03 bits per heavy atom. The van der Waals surface area contributed by atoms with Crippen molar-refractivity contribution < 1.29 is 40.7 Å². The molecule has 3 unspecified atom stereocenters. The molecule has 10 nitrogen and oxygen atoms in total. The number of sulfonamides is 1. The first-order chi connectivity index (χ1) is 17.7. The molecule has 0 amide bonds. The summed E-state index contributed by atoms with van der Waals surface area (Å²) in [7, 11) is -4.19. The van der Waals surface area contributed by atoms with E-state index in [9.17, 15) is 36.3 Å². The van der Waals surface area contributed by atoms with Gasteiger partial charge < -0.3 is 14.8 Å². The third-order valence-electron chi connectivity index (χ3n) is 6.27. The molecule has 1 saturated heterocycles. The summed E-state index contributed by atoms with van der Waals surface area (Å²) >= 11 is 7.20. The highest BCUT2D eigenvalue weighted by Crippen LogP contribution is 2.46. The van der Waals surface area contributed by atoms with Gasteiger partial charge >= 0.3 is 12.1 Å². The van der Waals surface area contributed by atoms with Crippen LogP contribution < -0.4 is 5.32 Å². The fourth-order valence-electron chi connectivity index (χ4n) is 4.56. The van der Waals surface area contributed by atoms with Gasteiger partial charge in [-0.1, -0.05) is 11.6 Å². The highest BCUT2D eigenvalue weighted by Gasteiger charge is 2.56. The number of thiophene rings is 1. The molecule has 0 spiro atoms. The fraction of sp³-hybridized carbons (Fsp3) is 0.409. The van der Waals surface area contributed by atoms with Gasteiger partial charge in [0, 0.05) is 23.4 Å². The van der Waals surface area contributed by atoms with E-state index in [0.717, 1.165) is 21.9 Å². The smallest absolute Gasteiger partial charge is 0.392 e. The maximum Gasteiger partial charge on any atom is 0.392 e. The maximum absolute atomic E-state index is 14.1. The van der Waals surface area contributed by atoms with Crippen LogP contribution in [0, 0.1) is 12.8 Å². The van der Waals surface area contributed by atoms with Crippen molar-refractivity contribution in [3.63, 3.8) is 0 Å². The van der Waals surface area contributed by atoms with Crippen LogP contribution in [0.1, 0.15) is 39.0 Å². The molecule has 4 rings (SSSR count). The summed E-state index contributed by atoms with van der Waals surface area (Å²) in [6.45, 7) is 1.02. The molecule has 1 aliphatic rings. The SMILES string of the molecule is Cc1occc1C(=O)n1nc(C2C(C(=O)O)N(S(C)(=O)=O)CCC2C(F)(F)F)cc1NCc1ccc(Cl)s1. The fourth-order valence-corrected chi connectivity index (χ4v) is 6.65. The summed E-state index contributed by atoms with van der Waals surface area (Å²) in [6.07, 6.45) is -3.54. The number of carbonyl (C=O) groups excluding carboxylic acids is 1. The first kappa shape index (κ1) is 28.1. The monoisotopic (exact) mass is 594 g/mol. The number of hydrogen-bond donors (Lipinski definition) is 2. The highest BCUT2D eigenvalue weighted by atomic mass is 35.5. The van der Waals surface area contributed by atoms with Crippen molar-refractivity contribution in [2.24, 2.45) is 5.92 Å². The van der Waals surface area contributed by atoms with Crippen molar-refractivity contribution in [3.05, 3.63) is 56.8 Å². The van der Waals surface area contributed by atoms with Crippen LogP contribution in [0.25, 0.3) is 0 Å². The van der Waals surface area contributed by atoms with Crippen molar-refractivity contribution in [2.75, 3.05) is 18.1 Å². The molecule has 206 valence electrons. The molecular weight excluding hydrogens is 573 g/mol. The molecular formula is C22H22ClF3N4O6S2. The lowest BCUT2D eigenvalue weighted by Gasteiger charge is -2.41. The van der Waals surface area contributed by atoms with Crippen molar-refractivity contribution in [1.82, 2.24) is 14.1 Å². The third-order valence-corrected chi connectivity index (χ3v) is 8.76. The number of hydrogen-bond acceptors (Lipinski definition) is 8. The Bertz CT molecular complexity index is 1470. The lowest BCUT2D eigenvalue weighted by Crippen LogP contribution is -2.56. The third kappa shape index (κ3) is 5.60. The zero-order chi connectivity index (χ0) is 28.0. The van der Waals surface area contributed by atoms with Crippen molar-refractivity contribution >= 4 is 50.7 Å². The lowest BCUT2D eigenvalue weighted by atomic mass is 9.78. The van der Waals surface area contributed by atoms with Crippen LogP contribution in [0.2, 0.25) is 4.34 Å². The van der Waals surface area contributed by atoms with E-state index in [2.05, 4.69) is 10.4 Å². The average Bonchev–Trinajstić information content (AvgIpc) is 3.54. The summed E-state index contributed by atoms with van der Waals surface area (Å²) in [5.74, 6) is -6.42. The average molecular weight is 595 g/mol. The minimum Gasteiger partial charge on any atom is -0.480 e. The van der Waals surface area contributed by atoms with Gasteiger partial charge in [0.05, 0.1) is 40.6 Å².